The summed E-state index contributed by atoms with van der Waals surface area (Å²) < 4.78 is 0. The van der Waals surface area contributed by atoms with Crippen LogP contribution in [0.3, 0.4) is 0 Å². The Kier molecular flexibility index (Phi) is 5.53. The van der Waals surface area contributed by atoms with E-state index in [9.17, 15) is 15.0 Å². The van der Waals surface area contributed by atoms with Gasteiger partial charge < -0.3 is 15.3 Å². The number of carboxylic acid groups (broad SMARTS) is 1. The predicted octanol–water partition coefficient (Wildman–Crippen LogP) is 2.01. The fourth-order valence-electron chi connectivity index (χ4n) is 3.00. The van der Waals surface area contributed by atoms with Gasteiger partial charge in [-0.15, -0.1) is 0 Å². The van der Waals surface area contributed by atoms with Crippen molar-refractivity contribution in [1.29, 1.82) is 0 Å². The molecule has 0 amide bonds. The van der Waals surface area contributed by atoms with Crippen LogP contribution in [0.15, 0.2) is 42.5 Å². The second-order valence-corrected chi connectivity index (χ2v) is 5.71. The number of aliphatic hydroxyl groups is 2. The van der Waals surface area contributed by atoms with Gasteiger partial charge in [-0.25, -0.2) is 0 Å². The van der Waals surface area contributed by atoms with Gasteiger partial charge in [0, 0.05) is 12.3 Å². The molecule has 3 N–H and O–H groups in total. The average Bonchev–Trinajstić information content (AvgIpc) is 2.78. The summed E-state index contributed by atoms with van der Waals surface area (Å²) in [4.78, 5) is 10.8. The van der Waals surface area contributed by atoms with Crippen molar-refractivity contribution in [2.45, 2.75) is 37.9 Å². The molecule has 1 aliphatic rings. The van der Waals surface area contributed by atoms with E-state index in [1.807, 2.05) is 36.4 Å². The summed E-state index contributed by atoms with van der Waals surface area (Å²) in [6, 6.07) is 9.72. The molecule has 0 radical (unpaired) electrons. The molecule has 1 fully saturated rings. The van der Waals surface area contributed by atoms with Crippen molar-refractivity contribution < 1.29 is 20.1 Å². The van der Waals surface area contributed by atoms with Crippen molar-refractivity contribution >= 4 is 5.97 Å². The predicted molar refractivity (Wildman–Crippen MR) is 79.8 cm³/mol. The molecular weight excluding hydrogens is 268 g/mol. The fourth-order valence-corrected chi connectivity index (χ4v) is 3.00. The van der Waals surface area contributed by atoms with Crippen LogP contribution in [-0.2, 0) is 11.2 Å². The molecule has 0 spiro atoms. The number of hydrogen-bond donors (Lipinski definition) is 3. The normalized spacial score (nSPS) is 27.0. The molecule has 21 heavy (non-hydrogen) atoms. The smallest absolute Gasteiger partial charge is 0.303 e. The van der Waals surface area contributed by atoms with Gasteiger partial charge >= 0.3 is 5.97 Å². The number of allylic oxidation sites excluding steroid dienone is 1. The van der Waals surface area contributed by atoms with Crippen molar-refractivity contribution in [2.75, 3.05) is 0 Å². The van der Waals surface area contributed by atoms with Gasteiger partial charge in [-0.3, -0.25) is 4.79 Å². The van der Waals surface area contributed by atoms with E-state index in [1.54, 1.807) is 6.08 Å². The average molecular weight is 290 g/mol. The van der Waals surface area contributed by atoms with Gasteiger partial charge in [0.05, 0.1) is 18.6 Å². The van der Waals surface area contributed by atoms with Crippen LogP contribution < -0.4 is 0 Å². The zero-order valence-electron chi connectivity index (χ0n) is 11.9. The van der Waals surface area contributed by atoms with Gasteiger partial charge in [0.25, 0.3) is 0 Å². The first kappa shape index (κ1) is 15.7. The summed E-state index contributed by atoms with van der Waals surface area (Å²) in [6.07, 6.45) is 4.37. The highest BCUT2D eigenvalue weighted by molar-refractivity contribution is 5.67. The second kappa shape index (κ2) is 7.38. The molecule has 1 aromatic carbocycles. The van der Waals surface area contributed by atoms with Crippen LogP contribution in [0.4, 0.5) is 0 Å². The summed E-state index contributed by atoms with van der Waals surface area (Å²) in [7, 11) is 0. The summed E-state index contributed by atoms with van der Waals surface area (Å²) in [5.41, 5.74) is 1.06. The molecule has 1 aliphatic carbocycles. The quantitative estimate of drug-likeness (QED) is 0.700. The highest BCUT2D eigenvalue weighted by atomic mass is 16.4. The lowest BCUT2D eigenvalue weighted by molar-refractivity contribution is -0.139. The minimum Gasteiger partial charge on any atom is -0.481 e. The summed E-state index contributed by atoms with van der Waals surface area (Å²) in [6.45, 7) is 0. The van der Waals surface area contributed by atoms with E-state index in [-0.39, 0.29) is 18.3 Å². The molecule has 4 atom stereocenters. The van der Waals surface area contributed by atoms with E-state index in [2.05, 4.69) is 0 Å². The molecule has 0 bridgehead atoms. The molecule has 2 rings (SSSR count). The monoisotopic (exact) mass is 290 g/mol. The SMILES string of the molecule is O=C(O)CC1C(O)CCC1C=CC(O)Cc1ccccc1. The van der Waals surface area contributed by atoms with Crippen molar-refractivity contribution in [1.82, 2.24) is 0 Å². The summed E-state index contributed by atoms with van der Waals surface area (Å²) in [5.74, 6) is -1.10. The number of hydrogen-bond acceptors (Lipinski definition) is 3. The lowest BCUT2D eigenvalue weighted by Crippen LogP contribution is -2.21. The van der Waals surface area contributed by atoms with Crippen molar-refractivity contribution in [2.24, 2.45) is 11.8 Å². The third kappa shape index (κ3) is 4.69. The van der Waals surface area contributed by atoms with Crippen molar-refractivity contribution in [3.63, 3.8) is 0 Å². The van der Waals surface area contributed by atoms with E-state index in [0.717, 1.165) is 12.0 Å². The van der Waals surface area contributed by atoms with Gasteiger partial charge in [0.15, 0.2) is 0 Å². The number of rotatable bonds is 6. The standard InChI is InChI=1S/C17H22O4/c18-14(10-12-4-2-1-3-5-12)8-6-13-7-9-16(19)15(13)11-17(20)21/h1-6,8,13-16,18-19H,7,9-11H2,(H,20,21). The summed E-state index contributed by atoms with van der Waals surface area (Å²) >= 11 is 0. The van der Waals surface area contributed by atoms with Gasteiger partial charge in [-0.1, -0.05) is 42.5 Å². The van der Waals surface area contributed by atoms with Crippen LogP contribution >= 0.6 is 0 Å². The number of carbonyl (C=O) groups is 1. The first-order valence-corrected chi connectivity index (χ1v) is 7.36. The minimum atomic E-state index is -0.885. The Labute approximate surface area is 124 Å². The topological polar surface area (TPSA) is 77.8 Å². The molecule has 0 saturated heterocycles. The number of carboxylic acids is 1. The Hall–Kier alpha value is -1.65. The van der Waals surface area contributed by atoms with E-state index >= 15 is 0 Å². The molecule has 0 aliphatic heterocycles. The van der Waals surface area contributed by atoms with E-state index in [1.165, 1.54) is 0 Å². The third-order valence-electron chi connectivity index (χ3n) is 4.12. The number of aliphatic hydroxyl groups excluding tert-OH is 2. The maximum Gasteiger partial charge on any atom is 0.303 e. The van der Waals surface area contributed by atoms with E-state index < -0.39 is 18.2 Å². The van der Waals surface area contributed by atoms with Gasteiger partial charge in [-0.05, 0) is 24.3 Å². The molecule has 4 unspecified atom stereocenters. The van der Waals surface area contributed by atoms with Gasteiger partial charge in [0.2, 0.25) is 0 Å². The van der Waals surface area contributed by atoms with Crippen LogP contribution in [0.25, 0.3) is 0 Å². The Balaban J connectivity index is 1.91. The minimum absolute atomic E-state index is 0.0229. The number of benzene rings is 1. The van der Waals surface area contributed by atoms with Crippen molar-refractivity contribution in [3.05, 3.63) is 48.0 Å². The molecule has 0 heterocycles. The van der Waals surface area contributed by atoms with Crippen LogP contribution in [0, 0.1) is 11.8 Å². The van der Waals surface area contributed by atoms with Crippen LogP contribution in [0.5, 0.6) is 0 Å². The van der Waals surface area contributed by atoms with E-state index in [0.29, 0.717) is 12.8 Å². The molecule has 4 heteroatoms. The lowest BCUT2D eigenvalue weighted by Gasteiger charge is -2.17. The highest BCUT2D eigenvalue weighted by Crippen LogP contribution is 2.35. The van der Waals surface area contributed by atoms with Crippen LogP contribution in [0.2, 0.25) is 0 Å². The largest absolute Gasteiger partial charge is 0.481 e. The molecule has 114 valence electrons. The zero-order valence-corrected chi connectivity index (χ0v) is 11.9. The lowest BCUT2D eigenvalue weighted by atomic mass is 9.90. The summed E-state index contributed by atoms with van der Waals surface area (Å²) in [5, 5.41) is 28.8. The van der Waals surface area contributed by atoms with Crippen LogP contribution in [-0.4, -0.2) is 33.5 Å². The van der Waals surface area contributed by atoms with Crippen LogP contribution in [0.1, 0.15) is 24.8 Å². The molecule has 1 aromatic rings. The zero-order chi connectivity index (χ0) is 15.2. The molecular formula is C17H22O4. The maximum absolute atomic E-state index is 10.8. The Bertz CT molecular complexity index is 483. The van der Waals surface area contributed by atoms with Crippen molar-refractivity contribution in [3.8, 4) is 0 Å². The third-order valence-corrected chi connectivity index (χ3v) is 4.12. The van der Waals surface area contributed by atoms with Gasteiger partial charge in [0.1, 0.15) is 0 Å². The van der Waals surface area contributed by atoms with E-state index in [4.69, 9.17) is 5.11 Å². The maximum atomic E-state index is 10.8. The number of aliphatic carboxylic acids is 1. The Morgan fingerprint density at radius 1 is 1.29 bits per heavy atom. The molecule has 4 nitrogen and oxygen atoms in total. The highest BCUT2D eigenvalue weighted by Gasteiger charge is 2.34. The molecule has 1 saturated carbocycles. The first-order valence-electron chi connectivity index (χ1n) is 7.36. The fraction of sp³-hybridized carbons (Fsp3) is 0.471. The Morgan fingerprint density at radius 3 is 2.67 bits per heavy atom. The first-order chi connectivity index (χ1) is 10.1. The Morgan fingerprint density at radius 2 is 2.00 bits per heavy atom. The van der Waals surface area contributed by atoms with Gasteiger partial charge in [-0.2, -0.15) is 0 Å². The second-order valence-electron chi connectivity index (χ2n) is 5.71. The molecule has 0 aromatic heterocycles.